The largest absolute Gasteiger partial charge is 0.463 e. The smallest absolute Gasteiger partial charge is 0.132 e. The maximum atomic E-state index is 5.48. The van der Waals surface area contributed by atoms with Crippen molar-refractivity contribution in [2.75, 3.05) is 0 Å². The Morgan fingerprint density at radius 2 is 1.85 bits per heavy atom. The fourth-order valence-electron chi connectivity index (χ4n) is 1.14. The van der Waals surface area contributed by atoms with Crippen molar-refractivity contribution in [1.82, 2.24) is 0 Å². The lowest BCUT2D eigenvalue weighted by Gasteiger charge is -2.07. The van der Waals surface area contributed by atoms with E-state index in [1.54, 1.807) is 13.2 Å². The van der Waals surface area contributed by atoms with E-state index < -0.39 is 0 Å². The highest BCUT2D eigenvalue weighted by Gasteiger charge is 2.00. The molecule has 2 nitrogen and oxygen atoms in total. The lowest BCUT2D eigenvalue weighted by molar-refractivity contribution is 0.467. The van der Waals surface area contributed by atoms with Gasteiger partial charge in [-0.2, -0.15) is 0 Å². The van der Waals surface area contributed by atoms with E-state index >= 15 is 0 Å². The summed E-state index contributed by atoms with van der Waals surface area (Å²) in [6.45, 7) is 5.83. The van der Waals surface area contributed by atoms with Crippen LogP contribution in [0, 0.1) is 13.8 Å². The Kier molecular flexibility index (Phi) is 2.96. The van der Waals surface area contributed by atoms with E-state index in [2.05, 4.69) is 0 Å². The lowest BCUT2D eigenvalue weighted by Crippen LogP contribution is -1.96. The van der Waals surface area contributed by atoms with Crippen LogP contribution >= 0.6 is 0 Å². The average molecular weight is 177 g/mol. The summed E-state index contributed by atoms with van der Waals surface area (Å²) in [7, 11) is 0. The Morgan fingerprint density at radius 1 is 1.31 bits per heavy atom. The summed E-state index contributed by atoms with van der Waals surface area (Å²) in [5, 5.41) is 0. The summed E-state index contributed by atoms with van der Waals surface area (Å²) in [4.78, 5) is 0. The van der Waals surface area contributed by atoms with Crippen LogP contribution in [0.25, 0.3) is 0 Å². The average Bonchev–Trinajstić information content (AvgIpc) is 2.03. The second-order valence-electron chi connectivity index (χ2n) is 3.20. The molecule has 1 rings (SSSR count). The van der Waals surface area contributed by atoms with Crippen molar-refractivity contribution in [3.63, 3.8) is 0 Å². The second-order valence-corrected chi connectivity index (χ2v) is 3.20. The van der Waals surface area contributed by atoms with Gasteiger partial charge >= 0.3 is 0 Å². The summed E-state index contributed by atoms with van der Waals surface area (Å²) in [6, 6.07) is 6.04. The number of nitrogens with two attached hydrogens (primary N) is 1. The SMILES string of the molecule is C/C(N)=C\Oc1c(C)cccc1C. The number of rotatable bonds is 2. The monoisotopic (exact) mass is 177 g/mol. The van der Waals surface area contributed by atoms with Gasteiger partial charge in [0.2, 0.25) is 0 Å². The summed E-state index contributed by atoms with van der Waals surface area (Å²) in [6.07, 6.45) is 1.56. The number of aryl methyl sites for hydroxylation is 2. The van der Waals surface area contributed by atoms with Gasteiger partial charge in [0.1, 0.15) is 12.0 Å². The summed E-state index contributed by atoms with van der Waals surface area (Å²) in [5.41, 5.74) is 8.39. The molecule has 0 amide bonds. The van der Waals surface area contributed by atoms with Crippen molar-refractivity contribution < 1.29 is 4.74 Å². The predicted molar refractivity (Wildman–Crippen MR) is 54.5 cm³/mol. The number of hydrogen-bond acceptors (Lipinski definition) is 2. The van der Waals surface area contributed by atoms with Crippen LogP contribution in [0.3, 0.4) is 0 Å². The van der Waals surface area contributed by atoms with Gasteiger partial charge in [-0.05, 0) is 31.9 Å². The van der Waals surface area contributed by atoms with Gasteiger partial charge in [-0.15, -0.1) is 0 Å². The topological polar surface area (TPSA) is 35.2 Å². The minimum atomic E-state index is 0.669. The van der Waals surface area contributed by atoms with Gasteiger partial charge in [0.15, 0.2) is 0 Å². The summed E-state index contributed by atoms with van der Waals surface area (Å²) in [5.74, 6) is 0.896. The van der Waals surface area contributed by atoms with Gasteiger partial charge in [-0.1, -0.05) is 18.2 Å². The van der Waals surface area contributed by atoms with Crippen molar-refractivity contribution in [3.05, 3.63) is 41.3 Å². The molecule has 1 aromatic carbocycles. The minimum absolute atomic E-state index is 0.669. The van der Waals surface area contributed by atoms with Crippen LogP contribution < -0.4 is 10.5 Å². The molecule has 2 N–H and O–H groups in total. The molecule has 0 atom stereocenters. The molecule has 0 aromatic heterocycles. The van der Waals surface area contributed by atoms with Crippen LogP contribution in [-0.4, -0.2) is 0 Å². The number of ether oxygens (including phenoxy) is 1. The first-order valence-electron chi connectivity index (χ1n) is 4.26. The maximum Gasteiger partial charge on any atom is 0.132 e. The number of para-hydroxylation sites is 1. The van der Waals surface area contributed by atoms with Gasteiger partial charge in [0.05, 0.1) is 0 Å². The Bertz CT molecular complexity index is 305. The zero-order valence-corrected chi connectivity index (χ0v) is 8.29. The molecule has 0 heterocycles. The highest BCUT2D eigenvalue weighted by molar-refractivity contribution is 5.40. The molecule has 0 aliphatic rings. The van der Waals surface area contributed by atoms with Crippen LogP contribution in [0.5, 0.6) is 5.75 Å². The van der Waals surface area contributed by atoms with Crippen LogP contribution in [-0.2, 0) is 0 Å². The maximum absolute atomic E-state index is 5.48. The first-order valence-corrected chi connectivity index (χ1v) is 4.26. The Labute approximate surface area is 79.0 Å². The van der Waals surface area contributed by atoms with Crippen molar-refractivity contribution in [3.8, 4) is 5.75 Å². The van der Waals surface area contributed by atoms with Gasteiger partial charge in [-0.3, -0.25) is 0 Å². The molecule has 0 unspecified atom stereocenters. The third-order valence-corrected chi connectivity index (χ3v) is 1.77. The van der Waals surface area contributed by atoms with Crippen LogP contribution in [0.15, 0.2) is 30.2 Å². The molecule has 2 heteroatoms. The van der Waals surface area contributed by atoms with E-state index in [1.807, 2.05) is 32.0 Å². The molecular weight excluding hydrogens is 162 g/mol. The second kappa shape index (κ2) is 3.99. The molecule has 0 radical (unpaired) electrons. The van der Waals surface area contributed by atoms with E-state index in [-0.39, 0.29) is 0 Å². The number of benzene rings is 1. The van der Waals surface area contributed by atoms with Crippen LogP contribution in [0.4, 0.5) is 0 Å². The molecular formula is C11H15NO. The van der Waals surface area contributed by atoms with E-state index in [0.29, 0.717) is 5.70 Å². The van der Waals surface area contributed by atoms with Crippen LogP contribution in [0.2, 0.25) is 0 Å². The molecule has 0 aliphatic carbocycles. The third kappa shape index (κ3) is 2.51. The first kappa shape index (κ1) is 9.65. The van der Waals surface area contributed by atoms with E-state index in [0.717, 1.165) is 16.9 Å². The van der Waals surface area contributed by atoms with Gasteiger partial charge in [0.25, 0.3) is 0 Å². The van der Waals surface area contributed by atoms with Gasteiger partial charge < -0.3 is 10.5 Å². The van der Waals surface area contributed by atoms with E-state index in [1.165, 1.54) is 0 Å². The Hall–Kier alpha value is -1.44. The first-order chi connectivity index (χ1) is 6.11. The minimum Gasteiger partial charge on any atom is -0.463 e. The highest BCUT2D eigenvalue weighted by atomic mass is 16.5. The lowest BCUT2D eigenvalue weighted by atomic mass is 10.1. The van der Waals surface area contributed by atoms with Crippen molar-refractivity contribution in [2.45, 2.75) is 20.8 Å². The van der Waals surface area contributed by atoms with Crippen molar-refractivity contribution >= 4 is 0 Å². The fraction of sp³-hybridized carbons (Fsp3) is 0.273. The molecule has 0 aliphatic heterocycles. The van der Waals surface area contributed by atoms with Gasteiger partial charge in [0, 0.05) is 5.70 Å². The number of hydrogen-bond donors (Lipinski definition) is 1. The highest BCUT2D eigenvalue weighted by Crippen LogP contribution is 2.22. The zero-order valence-electron chi connectivity index (χ0n) is 8.29. The van der Waals surface area contributed by atoms with Gasteiger partial charge in [-0.25, -0.2) is 0 Å². The molecule has 70 valence electrons. The zero-order chi connectivity index (χ0) is 9.84. The summed E-state index contributed by atoms with van der Waals surface area (Å²) < 4.78 is 5.44. The molecule has 0 saturated carbocycles. The molecule has 0 saturated heterocycles. The van der Waals surface area contributed by atoms with E-state index in [4.69, 9.17) is 10.5 Å². The van der Waals surface area contributed by atoms with E-state index in [9.17, 15) is 0 Å². The Balaban J connectivity index is 2.94. The third-order valence-electron chi connectivity index (χ3n) is 1.77. The predicted octanol–water partition coefficient (Wildman–Crippen LogP) is 2.50. The molecule has 0 bridgehead atoms. The molecule has 0 spiro atoms. The van der Waals surface area contributed by atoms with Crippen LogP contribution in [0.1, 0.15) is 18.1 Å². The normalized spacial score (nSPS) is 11.5. The quantitative estimate of drug-likeness (QED) is 0.704. The Morgan fingerprint density at radius 3 is 2.31 bits per heavy atom. The molecule has 0 fully saturated rings. The standard InChI is InChI=1S/C11H15NO/c1-8-5-4-6-9(2)11(8)13-7-10(3)12/h4-7H,12H2,1-3H3/b10-7+. The fourth-order valence-corrected chi connectivity index (χ4v) is 1.14. The summed E-state index contributed by atoms with van der Waals surface area (Å²) >= 11 is 0. The van der Waals surface area contributed by atoms with Crippen molar-refractivity contribution in [2.24, 2.45) is 5.73 Å². The van der Waals surface area contributed by atoms with Crippen molar-refractivity contribution in [1.29, 1.82) is 0 Å². The molecule has 1 aromatic rings. The molecule has 13 heavy (non-hydrogen) atoms. The number of allylic oxidation sites excluding steroid dienone is 1.